The number of carbonyl (C=O) groups is 1. The molecule has 0 bridgehead atoms. The van der Waals surface area contributed by atoms with Gasteiger partial charge in [-0.2, -0.15) is 10.2 Å². The third kappa shape index (κ3) is 4.39. The number of pyridine rings is 1. The molecule has 0 spiro atoms. The molecule has 29 heavy (non-hydrogen) atoms. The van der Waals surface area contributed by atoms with Crippen LogP contribution < -0.4 is 0 Å². The molecule has 7 heteroatoms. The molecule has 1 aliphatic heterocycles. The zero-order valence-corrected chi connectivity index (χ0v) is 17.4. The number of rotatable bonds is 5. The van der Waals surface area contributed by atoms with Crippen molar-refractivity contribution in [3.8, 4) is 11.1 Å². The molecule has 0 N–H and O–H groups in total. The summed E-state index contributed by atoms with van der Waals surface area (Å²) in [4.78, 5) is 19.6. The lowest BCUT2D eigenvalue weighted by Gasteiger charge is -2.33. The van der Waals surface area contributed by atoms with Gasteiger partial charge in [-0.25, -0.2) is 0 Å². The van der Waals surface area contributed by atoms with Crippen molar-refractivity contribution in [2.45, 2.75) is 45.6 Å². The Balaban J connectivity index is 1.46. The summed E-state index contributed by atoms with van der Waals surface area (Å²) in [6.07, 6.45) is 8.23. The third-order valence-electron chi connectivity index (χ3n) is 5.67. The number of amides is 1. The van der Waals surface area contributed by atoms with E-state index in [4.69, 9.17) is 4.98 Å². The monoisotopic (exact) mass is 392 g/mol. The number of hydrogen-bond acceptors (Lipinski definition) is 4. The predicted molar refractivity (Wildman–Crippen MR) is 111 cm³/mol. The Hall–Kier alpha value is -2.96. The summed E-state index contributed by atoms with van der Waals surface area (Å²) in [5.41, 5.74) is 5.39. The van der Waals surface area contributed by atoms with Crippen LogP contribution in [-0.2, 0) is 18.4 Å². The van der Waals surface area contributed by atoms with Crippen LogP contribution in [0.5, 0.6) is 0 Å². The minimum atomic E-state index is 0.199. The summed E-state index contributed by atoms with van der Waals surface area (Å²) < 4.78 is 3.70. The van der Waals surface area contributed by atoms with Gasteiger partial charge in [0, 0.05) is 74.1 Å². The Morgan fingerprint density at radius 1 is 1.21 bits per heavy atom. The van der Waals surface area contributed by atoms with Gasteiger partial charge in [0.1, 0.15) is 0 Å². The molecule has 1 atom stereocenters. The summed E-state index contributed by atoms with van der Waals surface area (Å²) in [6.45, 7) is 6.24. The van der Waals surface area contributed by atoms with Crippen molar-refractivity contribution in [1.29, 1.82) is 0 Å². The molecule has 3 aromatic rings. The number of likely N-dealkylation sites (tertiary alicyclic amines) is 1. The SMILES string of the molecule is Cc1cc(-c2cnn(C)c2)cc(C2CCCN(C(=O)CCn3nccc3C)C2)n1. The lowest BCUT2D eigenvalue weighted by atomic mass is 9.92. The topological polar surface area (TPSA) is 68.8 Å². The number of aryl methyl sites for hydroxylation is 4. The van der Waals surface area contributed by atoms with E-state index in [1.54, 1.807) is 6.20 Å². The fourth-order valence-electron chi connectivity index (χ4n) is 4.08. The second kappa shape index (κ2) is 8.19. The van der Waals surface area contributed by atoms with Crippen molar-refractivity contribution in [1.82, 2.24) is 29.4 Å². The van der Waals surface area contributed by atoms with Crippen LogP contribution in [-0.4, -0.2) is 48.4 Å². The fourth-order valence-corrected chi connectivity index (χ4v) is 4.08. The van der Waals surface area contributed by atoms with Crippen molar-refractivity contribution in [3.63, 3.8) is 0 Å². The number of hydrogen-bond donors (Lipinski definition) is 0. The molecule has 4 heterocycles. The summed E-state index contributed by atoms with van der Waals surface area (Å²) >= 11 is 0. The van der Waals surface area contributed by atoms with Gasteiger partial charge in [0.05, 0.1) is 6.20 Å². The summed E-state index contributed by atoms with van der Waals surface area (Å²) in [5, 5.41) is 8.56. The van der Waals surface area contributed by atoms with Gasteiger partial charge in [0.15, 0.2) is 0 Å². The van der Waals surface area contributed by atoms with Gasteiger partial charge < -0.3 is 4.90 Å². The molecule has 1 aliphatic rings. The molecule has 1 amide bonds. The molecule has 1 saturated heterocycles. The van der Waals surface area contributed by atoms with Gasteiger partial charge in [0.2, 0.25) is 5.91 Å². The highest BCUT2D eigenvalue weighted by Crippen LogP contribution is 2.29. The quantitative estimate of drug-likeness (QED) is 0.669. The molecule has 7 nitrogen and oxygen atoms in total. The zero-order chi connectivity index (χ0) is 20.4. The highest BCUT2D eigenvalue weighted by Gasteiger charge is 2.26. The van der Waals surface area contributed by atoms with Crippen molar-refractivity contribution >= 4 is 5.91 Å². The molecule has 3 aromatic heterocycles. The van der Waals surface area contributed by atoms with Crippen molar-refractivity contribution < 1.29 is 4.79 Å². The minimum absolute atomic E-state index is 0.199. The first-order valence-electron chi connectivity index (χ1n) is 10.2. The second-order valence-corrected chi connectivity index (χ2v) is 7.95. The van der Waals surface area contributed by atoms with Gasteiger partial charge >= 0.3 is 0 Å². The van der Waals surface area contributed by atoms with Crippen LogP contribution in [0.2, 0.25) is 0 Å². The highest BCUT2D eigenvalue weighted by atomic mass is 16.2. The normalized spacial score (nSPS) is 16.9. The average molecular weight is 393 g/mol. The van der Waals surface area contributed by atoms with Crippen LogP contribution >= 0.6 is 0 Å². The van der Waals surface area contributed by atoms with Crippen molar-refractivity contribution in [3.05, 3.63) is 53.9 Å². The van der Waals surface area contributed by atoms with Gasteiger partial charge in [-0.05, 0) is 50.5 Å². The maximum absolute atomic E-state index is 12.8. The Morgan fingerprint density at radius 2 is 2.07 bits per heavy atom. The van der Waals surface area contributed by atoms with E-state index in [0.717, 1.165) is 54.1 Å². The van der Waals surface area contributed by atoms with Crippen molar-refractivity contribution in [2.75, 3.05) is 13.1 Å². The third-order valence-corrected chi connectivity index (χ3v) is 5.67. The number of piperidine rings is 1. The van der Waals surface area contributed by atoms with Crippen LogP contribution in [0.1, 0.15) is 42.3 Å². The molecule has 152 valence electrons. The molecule has 0 radical (unpaired) electrons. The maximum Gasteiger partial charge on any atom is 0.224 e. The lowest BCUT2D eigenvalue weighted by Crippen LogP contribution is -2.39. The van der Waals surface area contributed by atoms with Crippen LogP contribution in [0.4, 0.5) is 0 Å². The van der Waals surface area contributed by atoms with E-state index in [-0.39, 0.29) is 11.8 Å². The summed E-state index contributed by atoms with van der Waals surface area (Å²) in [7, 11) is 1.92. The first-order chi connectivity index (χ1) is 14.0. The number of nitrogens with zero attached hydrogens (tertiary/aromatic N) is 6. The highest BCUT2D eigenvalue weighted by molar-refractivity contribution is 5.76. The van der Waals surface area contributed by atoms with Crippen LogP contribution in [0.15, 0.2) is 36.8 Å². The Kier molecular flexibility index (Phi) is 5.47. The van der Waals surface area contributed by atoms with E-state index in [2.05, 4.69) is 22.3 Å². The van der Waals surface area contributed by atoms with E-state index >= 15 is 0 Å². The van der Waals surface area contributed by atoms with E-state index < -0.39 is 0 Å². The molecule has 0 saturated carbocycles. The standard InChI is InChI=1S/C22H28N6O/c1-16-11-19(20-13-24-26(3)14-20)12-21(25-16)18-5-4-9-27(15-18)22(29)7-10-28-17(2)6-8-23-28/h6,8,11-14,18H,4-5,7,9-10,15H2,1-3H3. The van der Waals surface area contributed by atoms with Gasteiger partial charge in [-0.1, -0.05) is 0 Å². The van der Waals surface area contributed by atoms with E-state index in [1.807, 2.05) is 53.6 Å². The Bertz CT molecular complexity index is 1000. The van der Waals surface area contributed by atoms with E-state index in [1.165, 1.54) is 0 Å². The van der Waals surface area contributed by atoms with Gasteiger partial charge in [-0.3, -0.25) is 19.1 Å². The summed E-state index contributed by atoms with van der Waals surface area (Å²) in [5.74, 6) is 0.471. The number of aromatic nitrogens is 5. The Morgan fingerprint density at radius 3 is 2.79 bits per heavy atom. The molecule has 1 unspecified atom stereocenters. The van der Waals surface area contributed by atoms with Crippen LogP contribution in [0.25, 0.3) is 11.1 Å². The molecular formula is C22H28N6O. The van der Waals surface area contributed by atoms with Crippen LogP contribution in [0.3, 0.4) is 0 Å². The van der Waals surface area contributed by atoms with E-state index in [0.29, 0.717) is 13.0 Å². The molecule has 1 fully saturated rings. The fraction of sp³-hybridized carbons (Fsp3) is 0.455. The van der Waals surface area contributed by atoms with Gasteiger partial charge in [0.25, 0.3) is 0 Å². The average Bonchev–Trinajstić information content (AvgIpc) is 3.34. The molecule has 0 aromatic carbocycles. The first kappa shape index (κ1) is 19.4. The molecule has 0 aliphatic carbocycles. The zero-order valence-electron chi connectivity index (χ0n) is 17.4. The van der Waals surface area contributed by atoms with Crippen LogP contribution in [0, 0.1) is 13.8 Å². The summed E-state index contributed by atoms with van der Waals surface area (Å²) in [6, 6.07) is 6.22. The Labute approximate surface area is 171 Å². The molecule has 4 rings (SSSR count). The van der Waals surface area contributed by atoms with Gasteiger partial charge in [-0.15, -0.1) is 0 Å². The maximum atomic E-state index is 12.8. The molecular weight excluding hydrogens is 364 g/mol. The largest absolute Gasteiger partial charge is 0.342 e. The van der Waals surface area contributed by atoms with Crippen molar-refractivity contribution in [2.24, 2.45) is 7.05 Å². The predicted octanol–water partition coefficient (Wildman–Crippen LogP) is 3.09. The lowest BCUT2D eigenvalue weighted by molar-refractivity contribution is -0.132. The number of carbonyl (C=O) groups excluding carboxylic acids is 1. The first-order valence-corrected chi connectivity index (χ1v) is 10.2. The van der Waals surface area contributed by atoms with E-state index in [9.17, 15) is 4.79 Å². The smallest absolute Gasteiger partial charge is 0.224 e. The second-order valence-electron chi connectivity index (χ2n) is 7.95. The minimum Gasteiger partial charge on any atom is -0.342 e.